The Hall–Kier alpha value is -2.05. The van der Waals surface area contributed by atoms with Gasteiger partial charge in [0.05, 0.1) is 5.69 Å². The number of hydrogen-bond donors (Lipinski definition) is 0. The minimum Gasteiger partial charge on any atom is -0.438 e. The van der Waals surface area contributed by atoms with Crippen LogP contribution in [0.15, 0.2) is 47.8 Å². The van der Waals surface area contributed by atoms with E-state index in [2.05, 4.69) is 4.98 Å². The fourth-order valence-corrected chi connectivity index (χ4v) is 2.90. The maximum Gasteiger partial charge on any atom is 0.425 e. The van der Waals surface area contributed by atoms with Crippen molar-refractivity contribution in [3.63, 3.8) is 0 Å². The predicted molar refractivity (Wildman–Crippen MR) is 88.8 cm³/mol. The Morgan fingerprint density at radius 2 is 1.79 bits per heavy atom. The second kappa shape index (κ2) is 6.45. The summed E-state index contributed by atoms with van der Waals surface area (Å²) in [6, 6.07) is 11.6. The van der Waals surface area contributed by atoms with Crippen LogP contribution in [0.5, 0.6) is 11.6 Å². The lowest BCUT2D eigenvalue weighted by atomic mass is 10.1. The first-order chi connectivity index (χ1) is 11.3. The Morgan fingerprint density at radius 3 is 2.42 bits per heavy atom. The van der Waals surface area contributed by atoms with E-state index >= 15 is 0 Å². The van der Waals surface area contributed by atoms with Gasteiger partial charge in [-0.3, -0.25) is 0 Å². The van der Waals surface area contributed by atoms with E-state index in [1.54, 1.807) is 18.2 Å². The lowest BCUT2D eigenvalue weighted by molar-refractivity contribution is -0.134. The molecule has 24 heavy (non-hydrogen) atoms. The normalized spacial score (nSPS) is 11.5. The standard InChI is InChI=1S/C17H11ClF3NOS/c1-10-6-14(11-2-4-12(18)5-3-11)22-16(7-10)23-13-8-15(24-9-13)17(19,20)21/h2-9H,1H3. The maximum absolute atomic E-state index is 12.7. The van der Waals surface area contributed by atoms with Crippen LogP contribution in [0.2, 0.25) is 5.02 Å². The highest BCUT2D eigenvalue weighted by molar-refractivity contribution is 7.10. The molecule has 0 saturated carbocycles. The summed E-state index contributed by atoms with van der Waals surface area (Å²) < 4.78 is 43.4. The van der Waals surface area contributed by atoms with Crippen LogP contribution in [0.1, 0.15) is 10.4 Å². The first-order valence-corrected chi connectivity index (χ1v) is 8.15. The van der Waals surface area contributed by atoms with Gasteiger partial charge >= 0.3 is 6.18 Å². The van der Waals surface area contributed by atoms with Crippen molar-refractivity contribution >= 4 is 22.9 Å². The van der Waals surface area contributed by atoms with Crippen molar-refractivity contribution in [1.29, 1.82) is 0 Å². The van der Waals surface area contributed by atoms with E-state index in [1.807, 2.05) is 25.1 Å². The molecule has 2 heterocycles. The molecule has 0 unspecified atom stereocenters. The van der Waals surface area contributed by atoms with Gasteiger partial charge in [-0.05, 0) is 30.7 Å². The van der Waals surface area contributed by atoms with Crippen LogP contribution >= 0.6 is 22.9 Å². The Bertz CT molecular complexity index is 859. The molecule has 1 aromatic carbocycles. The van der Waals surface area contributed by atoms with Gasteiger partial charge in [-0.25, -0.2) is 4.98 Å². The van der Waals surface area contributed by atoms with Crippen LogP contribution < -0.4 is 4.74 Å². The van der Waals surface area contributed by atoms with E-state index in [1.165, 1.54) is 5.38 Å². The third-order valence-corrected chi connectivity index (χ3v) is 4.37. The van der Waals surface area contributed by atoms with Crippen molar-refractivity contribution in [3.05, 3.63) is 63.3 Å². The first-order valence-electron chi connectivity index (χ1n) is 6.89. The Morgan fingerprint density at radius 1 is 1.08 bits per heavy atom. The van der Waals surface area contributed by atoms with Gasteiger partial charge in [-0.2, -0.15) is 13.2 Å². The molecule has 2 nitrogen and oxygen atoms in total. The van der Waals surface area contributed by atoms with Crippen LogP contribution in [-0.4, -0.2) is 4.98 Å². The number of nitrogens with zero attached hydrogens (tertiary/aromatic N) is 1. The van der Waals surface area contributed by atoms with Gasteiger partial charge in [-0.15, -0.1) is 11.3 Å². The average molecular weight is 370 g/mol. The molecule has 2 aromatic heterocycles. The molecule has 7 heteroatoms. The van der Waals surface area contributed by atoms with E-state index in [4.69, 9.17) is 16.3 Å². The highest BCUT2D eigenvalue weighted by Crippen LogP contribution is 2.37. The smallest absolute Gasteiger partial charge is 0.425 e. The van der Waals surface area contributed by atoms with E-state index in [0.717, 1.165) is 17.2 Å². The van der Waals surface area contributed by atoms with Crippen LogP contribution in [0.4, 0.5) is 13.2 Å². The number of hydrogen-bond acceptors (Lipinski definition) is 3. The fourth-order valence-electron chi connectivity index (χ4n) is 2.10. The molecule has 0 aliphatic carbocycles. The van der Waals surface area contributed by atoms with Crippen molar-refractivity contribution in [2.45, 2.75) is 13.1 Å². The van der Waals surface area contributed by atoms with Crippen molar-refractivity contribution < 1.29 is 17.9 Å². The summed E-state index contributed by atoms with van der Waals surface area (Å²) in [5, 5.41) is 1.93. The average Bonchev–Trinajstić information content (AvgIpc) is 2.96. The highest BCUT2D eigenvalue weighted by Gasteiger charge is 2.32. The van der Waals surface area contributed by atoms with Crippen molar-refractivity contribution in [2.24, 2.45) is 0 Å². The molecule has 3 rings (SSSR count). The fraction of sp³-hybridized carbons (Fsp3) is 0.118. The third kappa shape index (κ3) is 3.88. The molecule has 0 aliphatic rings. The summed E-state index contributed by atoms with van der Waals surface area (Å²) in [4.78, 5) is 3.65. The zero-order valence-electron chi connectivity index (χ0n) is 12.4. The van der Waals surface area contributed by atoms with Crippen molar-refractivity contribution in [1.82, 2.24) is 4.98 Å². The molecule has 0 radical (unpaired) electrons. The molecule has 0 fully saturated rings. The molecule has 0 bridgehead atoms. The van der Waals surface area contributed by atoms with Gasteiger partial charge in [0.15, 0.2) is 0 Å². The summed E-state index contributed by atoms with van der Waals surface area (Å²) in [7, 11) is 0. The van der Waals surface area contributed by atoms with Crippen LogP contribution in [0, 0.1) is 6.92 Å². The van der Waals surface area contributed by atoms with E-state index in [9.17, 15) is 13.2 Å². The number of rotatable bonds is 3. The number of halogens is 4. The van der Waals surface area contributed by atoms with Crippen LogP contribution in [0.3, 0.4) is 0 Å². The maximum atomic E-state index is 12.7. The summed E-state index contributed by atoms with van der Waals surface area (Å²) in [6.07, 6.45) is -4.37. The Kier molecular flexibility index (Phi) is 4.51. The molecule has 0 aliphatic heterocycles. The number of thiophene rings is 1. The van der Waals surface area contributed by atoms with Gasteiger partial charge in [0.2, 0.25) is 5.88 Å². The quantitative estimate of drug-likeness (QED) is 0.520. The summed E-state index contributed by atoms with van der Waals surface area (Å²) in [5.74, 6) is 0.360. The Labute approximate surface area is 145 Å². The zero-order chi connectivity index (χ0) is 17.3. The summed E-state index contributed by atoms with van der Waals surface area (Å²) in [5.41, 5.74) is 2.39. The molecule has 0 N–H and O–H groups in total. The zero-order valence-corrected chi connectivity index (χ0v) is 14.0. The number of alkyl halides is 3. The third-order valence-electron chi connectivity index (χ3n) is 3.16. The molecular weight excluding hydrogens is 359 g/mol. The lowest BCUT2D eigenvalue weighted by Crippen LogP contribution is -2.00. The van der Waals surface area contributed by atoms with E-state index < -0.39 is 11.1 Å². The minimum absolute atomic E-state index is 0.118. The highest BCUT2D eigenvalue weighted by atomic mass is 35.5. The van der Waals surface area contributed by atoms with Crippen molar-refractivity contribution in [3.8, 4) is 22.9 Å². The first kappa shape index (κ1) is 16.8. The largest absolute Gasteiger partial charge is 0.438 e. The van der Waals surface area contributed by atoms with Gasteiger partial charge < -0.3 is 4.74 Å². The molecule has 0 amide bonds. The second-order valence-corrected chi connectivity index (χ2v) is 6.47. The SMILES string of the molecule is Cc1cc(Oc2csc(C(F)(F)F)c2)nc(-c2ccc(Cl)cc2)c1. The molecular formula is C17H11ClF3NOS. The molecule has 0 spiro atoms. The molecule has 124 valence electrons. The number of aromatic nitrogens is 1. The van der Waals surface area contributed by atoms with Crippen molar-refractivity contribution in [2.75, 3.05) is 0 Å². The van der Waals surface area contributed by atoms with Gasteiger partial charge in [-0.1, -0.05) is 23.7 Å². The van der Waals surface area contributed by atoms with Gasteiger partial charge in [0.25, 0.3) is 0 Å². The summed E-state index contributed by atoms with van der Waals surface area (Å²) in [6.45, 7) is 1.86. The van der Waals surface area contributed by atoms with Crippen LogP contribution in [0.25, 0.3) is 11.3 Å². The Balaban J connectivity index is 1.89. The minimum atomic E-state index is -4.37. The van der Waals surface area contributed by atoms with E-state index in [-0.39, 0.29) is 11.6 Å². The van der Waals surface area contributed by atoms with Crippen LogP contribution in [-0.2, 0) is 6.18 Å². The monoisotopic (exact) mass is 369 g/mol. The second-order valence-electron chi connectivity index (χ2n) is 5.12. The number of aryl methyl sites for hydroxylation is 1. The number of pyridine rings is 1. The van der Waals surface area contributed by atoms with Gasteiger partial charge in [0.1, 0.15) is 10.6 Å². The molecule has 0 atom stereocenters. The predicted octanol–water partition coefficient (Wildman–Crippen LogP) is 6.58. The topological polar surface area (TPSA) is 22.1 Å². The van der Waals surface area contributed by atoms with Gasteiger partial charge in [0, 0.05) is 28.1 Å². The lowest BCUT2D eigenvalue weighted by Gasteiger charge is -2.08. The molecule has 3 aromatic rings. The number of ether oxygens (including phenoxy) is 1. The summed E-state index contributed by atoms with van der Waals surface area (Å²) >= 11 is 6.46. The number of benzene rings is 1. The van der Waals surface area contributed by atoms with E-state index in [0.29, 0.717) is 22.1 Å². The molecule has 0 saturated heterocycles.